The van der Waals surface area contributed by atoms with Gasteiger partial charge in [0.05, 0.1) is 17.6 Å². The Morgan fingerprint density at radius 3 is 2.87 bits per heavy atom. The van der Waals surface area contributed by atoms with Crippen molar-refractivity contribution in [1.29, 1.82) is 0 Å². The zero-order chi connectivity index (χ0) is 10.8. The molecule has 15 heavy (non-hydrogen) atoms. The molecular weight excluding hydrogens is 214 g/mol. The summed E-state index contributed by atoms with van der Waals surface area (Å²) in [4.78, 5) is 14.7. The van der Waals surface area contributed by atoms with Crippen LogP contribution in [0.25, 0.3) is 10.9 Å². The molecule has 0 amide bonds. The molecule has 0 unspecified atom stereocenters. The average molecular weight is 222 g/mol. The van der Waals surface area contributed by atoms with Crippen molar-refractivity contribution < 1.29 is 9.90 Å². The lowest BCUT2D eigenvalue weighted by molar-refractivity contribution is -0.136. The summed E-state index contributed by atoms with van der Waals surface area (Å²) < 4.78 is 0. The first-order valence-electron chi connectivity index (χ1n) is 4.42. The maximum Gasteiger partial charge on any atom is 0.309 e. The van der Waals surface area contributed by atoms with E-state index in [1.807, 2.05) is 6.07 Å². The van der Waals surface area contributed by atoms with Crippen LogP contribution in [0.1, 0.15) is 5.69 Å². The molecule has 0 fully saturated rings. The number of carboxylic acid groups (broad SMARTS) is 1. The SMILES string of the molecule is O=C(O)Cc1ccc2cc(Cl)ccc2n1. The lowest BCUT2D eigenvalue weighted by atomic mass is 10.2. The number of nitrogens with zero attached hydrogens (tertiary/aromatic N) is 1. The lowest BCUT2D eigenvalue weighted by Crippen LogP contribution is -2.01. The minimum absolute atomic E-state index is 0.0570. The second kappa shape index (κ2) is 3.87. The number of aromatic nitrogens is 1. The van der Waals surface area contributed by atoms with Crippen LogP contribution in [0.3, 0.4) is 0 Å². The Morgan fingerprint density at radius 1 is 1.33 bits per heavy atom. The standard InChI is InChI=1S/C11H8ClNO2/c12-8-2-4-10-7(5-8)1-3-9(13-10)6-11(14)15/h1-5H,6H2,(H,14,15). The van der Waals surface area contributed by atoms with E-state index in [1.54, 1.807) is 24.3 Å². The second-order valence-electron chi connectivity index (χ2n) is 3.21. The minimum Gasteiger partial charge on any atom is -0.481 e. The van der Waals surface area contributed by atoms with E-state index in [0.717, 1.165) is 10.9 Å². The number of carbonyl (C=O) groups is 1. The number of benzene rings is 1. The molecular formula is C11H8ClNO2. The van der Waals surface area contributed by atoms with Crippen molar-refractivity contribution in [2.45, 2.75) is 6.42 Å². The summed E-state index contributed by atoms with van der Waals surface area (Å²) in [5, 5.41) is 10.2. The molecule has 1 aromatic carbocycles. The highest BCUT2D eigenvalue weighted by atomic mass is 35.5. The first-order chi connectivity index (χ1) is 7.15. The fourth-order valence-corrected chi connectivity index (χ4v) is 1.57. The number of carboxylic acids is 1. The molecule has 2 rings (SSSR count). The predicted molar refractivity (Wildman–Crippen MR) is 58.1 cm³/mol. The highest BCUT2D eigenvalue weighted by molar-refractivity contribution is 6.31. The molecule has 0 spiro atoms. The maximum atomic E-state index is 10.5. The van der Waals surface area contributed by atoms with Gasteiger partial charge in [0.2, 0.25) is 0 Å². The van der Waals surface area contributed by atoms with Gasteiger partial charge in [-0.05, 0) is 24.3 Å². The Bertz CT molecular complexity index is 525. The lowest BCUT2D eigenvalue weighted by Gasteiger charge is -2.00. The van der Waals surface area contributed by atoms with E-state index >= 15 is 0 Å². The molecule has 4 heteroatoms. The van der Waals surface area contributed by atoms with Gasteiger partial charge in [0, 0.05) is 10.4 Å². The van der Waals surface area contributed by atoms with E-state index in [4.69, 9.17) is 16.7 Å². The highest BCUT2D eigenvalue weighted by Crippen LogP contribution is 2.18. The monoisotopic (exact) mass is 221 g/mol. The van der Waals surface area contributed by atoms with Crippen LogP contribution in [0, 0.1) is 0 Å². The van der Waals surface area contributed by atoms with Gasteiger partial charge in [-0.1, -0.05) is 17.7 Å². The summed E-state index contributed by atoms with van der Waals surface area (Å²) >= 11 is 5.82. The van der Waals surface area contributed by atoms with E-state index in [2.05, 4.69) is 4.98 Å². The normalized spacial score (nSPS) is 10.5. The molecule has 2 aromatic rings. The molecule has 0 saturated carbocycles. The third kappa shape index (κ3) is 2.25. The Labute approximate surface area is 91.3 Å². The number of hydrogen-bond donors (Lipinski definition) is 1. The minimum atomic E-state index is -0.879. The number of hydrogen-bond acceptors (Lipinski definition) is 2. The Kier molecular flexibility index (Phi) is 2.56. The van der Waals surface area contributed by atoms with Crippen molar-refractivity contribution in [2.75, 3.05) is 0 Å². The van der Waals surface area contributed by atoms with Gasteiger partial charge in [0.15, 0.2) is 0 Å². The zero-order valence-corrected chi connectivity index (χ0v) is 8.53. The number of pyridine rings is 1. The molecule has 3 nitrogen and oxygen atoms in total. The van der Waals surface area contributed by atoms with E-state index < -0.39 is 5.97 Å². The summed E-state index contributed by atoms with van der Waals surface area (Å²) in [5.74, 6) is -0.879. The molecule has 0 bridgehead atoms. The molecule has 0 aliphatic rings. The Hall–Kier alpha value is -1.61. The molecule has 76 valence electrons. The molecule has 1 heterocycles. The van der Waals surface area contributed by atoms with Crippen molar-refractivity contribution in [3.8, 4) is 0 Å². The smallest absolute Gasteiger partial charge is 0.309 e. The average Bonchev–Trinajstić information content (AvgIpc) is 2.17. The van der Waals surface area contributed by atoms with Crippen LogP contribution < -0.4 is 0 Å². The number of halogens is 1. The summed E-state index contributed by atoms with van der Waals surface area (Å²) in [6.45, 7) is 0. The van der Waals surface area contributed by atoms with Gasteiger partial charge in [-0.2, -0.15) is 0 Å². The van der Waals surface area contributed by atoms with Crippen molar-refractivity contribution in [3.05, 3.63) is 41.0 Å². The summed E-state index contributed by atoms with van der Waals surface area (Å²) in [6, 6.07) is 8.85. The summed E-state index contributed by atoms with van der Waals surface area (Å²) in [6.07, 6.45) is -0.0570. The van der Waals surface area contributed by atoms with Crippen molar-refractivity contribution in [3.63, 3.8) is 0 Å². The van der Waals surface area contributed by atoms with Gasteiger partial charge in [0.1, 0.15) is 0 Å². The van der Waals surface area contributed by atoms with E-state index in [-0.39, 0.29) is 6.42 Å². The van der Waals surface area contributed by atoms with E-state index in [9.17, 15) is 4.79 Å². The van der Waals surface area contributed by atoms with Crippen molar-refractivity contribution in [1.82, 2.24) is 4.98 Å². The van der Waals surface area contributed by atoms with Gasteiger partial charge in [-0.25, -0.2) is 0 Å². The van der Waals surface area contributed by atoms with Crippen LogP contribution in [-0.4, -0.2) is 16.1 Å². The van der Waals surface area contributed by atoms with Crippen LogP contribution in [-0.2, 0) is 11.2 Å². The van der Waals surface area contributed by atoms with Crippen molar-refractivity contribution >= 4 is 28.5 Å². The Morgan fingerprint density at radius 2 is 2.13 bits per heavy atom. The van der Waals surface area contributed by atoms with Crippen LogP contribution in [0.5, 0.6) is 0 Å². The fraction of sp³-hybridized carbons (Fsp3) is 0.0909. The van der Waals surface area contributed by atoms with Crippen LogP contribution in [0.4, 0.5) is 0 Å². The molecule has 0 atom stereocenters. The zero-order valence-electron chi connectivity index (χ0n) is 7.77. The number of rotatable bonds is 2. The third-order valence-electron chi connectivity index (χ3n) is 2.04. The van der Waals surface area contributed by atoms with Gasteiger partial charge in [0.25, 0.3) is 0 Å². The first kappa shape index (κ1) is 9.93. The second-order valence-corrected chi connectivity index (χ2v) is 3.65. The Balaban J connectivity index is 2.47. The topological polar surface area (TPSA) is 50.2 Å². The molecule has 1 N–H and O–H groups in total. The quantitative estimate of drug-likeness (QED) is 0.848. The van der Waals surface area contributed by atoms with Crippen molar-refractivity contribution in [2.24, 2.45) is 0 Å². The van der Waals surface area contributed by atoms with Gasteiger partial charge in [-0.3, -0.25) is 9.78 Å². The van der Waals surface area contributed by atoms with Gasteiger partial charge in [-0.15, -0.1) is 0 Å². The molecule has 0 radical (unpaired) electrons. The summed E-state index contributed by atoms with van der Waals surface area (Å²) in [7, 11) is 0. The predicted octanol–water partition coefficient (Wildman–Crippen LogP) is 2.52. The first-order valence-corrected chi connectivity index (χ1v) is 4.80. The van der Waals surface area contributed by atoms with Crippen LogP contribution >= 0.6 is 11.6 Å². The molecule has 0 saturated heterocycles. The number of fused-ring (bicyclic) bond motifs is 1. The molecule has 0 aliphatic heterocycles. The molecule has 1 aromatic heterocycles. The summed E-state index contributed by atoms with van der Waals surface area (Å²) in [5.41, 5.74) is 1.32. The van der Waals surface area contributed by atoms with E-state index in [0.29, 0.717) is 10.7 Å². The molecule has 0 aliphatic carbocycles. The van der Waals surface area contributed by atoms with Crippen LogP contribution in [0.15, 0.2) is 30.3 Å². The van der Waals surface area contributed by atoms with Crippen LogP contribution in [0.2, 0.25) is 5.02 Å². The fourth-order valence-electron chi connectivity index (χ4n) is 1.39. The highest BCUT2D eigenvalue weighted by Gasteiger charge is 2.03. The van der Waals surface area contributed by atoms with Gasteiger partial charge >= 0.3 is 5.97 Å². The maximum absolute atomic E-state index is 10.5. The largest absolute Gasteiger partial charge is 0.481 e. The third-order valence-corrected chi connectivity index (χ3v) is 2.28. The van der Waals surface area contributed by atoms with E-state index in [1.165, 1.54) is 0 Å². The van der Waals surface area contributed by atoms with Gasteiger partial charge < -0.3 is 5.11 Å². The number of aliphatic carboxylic acids is 1.